The molecule has 0 aromatic rings. The van der Waals surface area contributed by atoms with Gasteiger partial charge in [-0.15, -0.1) is 0 Å². The predicted octanol–water partition coefficient (Wildman–Crippen LogP) is 4.91. The Kier molecular flexibility index (Phi) is 12.0. The van der Waals surface area contributed by atoms with E-state index in [2.05, 4.69) is 105 Å². The first-order chi connectivity index (χ1) is 15.3. The second kappa shape index (κ2) is 12.8. The van der Waals surface area contributed by atoms with Crippen molar-refractivity contribution in [2.45, 2.75) is 124 Å². The smallest absolute Gasteiger partial charge is 0.0753 e. The number of rotatable bonds is 0. The van der Waals surface area contributed by atoms with Crippen molar-refractivity contribution in [1.82, 2.24) is 14.7 Å². The number of morpholine rings is 3. The zero-order valence-electron chi connectivity index (χ0n) is 25.1. The summed E-state index contributed by atoms with van der Waals surface area (Å²) in [6.07, 6.45) is 0.406. The lowest BCUT2D eigenvalue weighted by atomic mass is 10.00. The molecule has 204 valence electrons. The van der Waals surface area contributed by atoms with Crippen molar-refractivity contribution in [3.63, 3.8) is 0 Å². The Morgan fingerprint density at radius 1 is 0.706 bits per heavy atom. The topological polar surface area (TPSA) is 37.4 Å². The number of ether oxygens (including phenoxy) is 3. The van der Waals surface area contributed by atoms with Crippen LogP contribution in [0.4, 0.5) is 0 Å². The van der Waals surface area contributed by atoms with Crippen LogP contribution in [0.15, 0.2) is 0 Å². The summed E-state index contributed by atoms with van der Waals surface area (Å²) in [5.74, 6) is 0. The Morgan fingerprint density at radius 2 is 1.26 bits per heavy atom. The van der Waals surface area contributed by atoms with Crippen molar-refractivity contribution in [3.05, 3.63) is 0 Å². The SMILES string of the molecule is CC1(C)CN(C(C)(C)C)CCO1.CC1CN(C(C)(C)C)CCO1.CC1COCCN1C(C)(C)C. The molecule has 0 radical (unpaired) electrons. The zero-order valence-corrected chi connectivity index (χ0v) is 25.1. The maximum atomic E-state index is 5.65. The summed E-state index contributed by atoms with van der Waals surface area (Å²) < 4.78 is 16.5. The van der Waals surface area contributed by atoms with Gasteiger partial charge < -0.3 is 14.2 Å². The van der Waals surface area contributed by atoms with Crippen molar-refractivity contribution in [2.75, 3.05) is 59.2 Å². The van der Waals surface area contributed by atoms with E-state index in [1.165, 1.54) is 0 Å². The molecule has 3 heterocycles. The average Bonchev–Trinajstić information content (AvgIpc) is 2.66. The van der Waals surface area contributed by atoms with Gasteiger partial charge in [0.05, 0.1) is 38.1 Å². The molecule has 0 aromatic carbocycles. The van der Waals surface area contributed by atoms with E-state index in [4.69, 9.17) is 14.2 Å². The van der Waals surface area contributed by atoms with Crippen LogP contribution in [0, 0.1) is 0 Å². The minimum Gasteiger partial charge on any atom is -0.379 e. The van der Waals surface area contributed by atoms with E-state index < -0.39 is 0 Å². The van der Waals surface area contributed by atoms with E-state index in [9.17, 15) is 0 Å². The van der Waals surface area contributed by atoms with Gasteiger partial charge in [0.2, 0.25) is 0 Å². The molecule has 3 saturated heterocycles. The summed E-state index contributed by atoms with van der Waals surface area (Å²) in [5, 5.41) is 0. The van der Waals surface area contributed by atoms with Crippen LogP contribution < -0.4 is 0 Å². The van der Waals surface area contributed by atoms with Crippen molar-refractivity contribution in [1.29, 1.82) is 0 Å². The first kappa shape index (κ1) is 31.8. The summed E-state index contributed by atoms with van der Waals surface area (Å²) in [6, 6.07) is 0.573. The fourth-order valence-electron chi connectivity index (χ4n) is 4.74. The Balaban J connectivity index is 0.000000255. The van der Waals surface area contributed by atoms with Crippen LogP contribution in [-0.4, -0.2) is 108 Å². The molecule has 6 heteroatoms. The van der Waals surface area contributed by atoms with Crippen LogP contribution in [-0.2, 0) is 14.2 Å². The van der Waals surface area contributed by atoms with Crippen LogP contribution in [0.2, 0.25) is 0 Å². The van der Waals surface area contributed by atoms with Gasteiger partial charge in [-0.25, -0.2) is 0 Å². The van der Waals surface area contributed by atoms with Crippen LogP contribution in [0.3, 0.4) is 0 Å². The molecule has 34 heavy (non-hydrogen) atoms. The molecule has 2 unspecified atom stereocenters. The molecular weight excluding hydrogens is 426 g/mol. The van der Waals surface area contributed by atoms with E-state index in [1.54, 1.807) is 0 Å². The number of nitrogens with zero attached hydrogens (tertiary/aromatic N) is 3. The molecule has 6 nitrogen and oxygen atoms in total. The molecule has 3 rings (SSSR count). The second-order valence-corrected chi connectivity index (χ2v) is 13.8. The molecule has 3 aliphatic heterocycles. The van der Waals surface area contributed by atoms with Crippen molar-refractivity contribution >= 4 is 0 Å². The molecule has 0 aliphatic carbocycles. The summed E-state index contributed by atoms with van der Waals surface area (Å²) in [5.41, 5.74) is 0.911. The van der Waals surface area contributed by atoms with Gasteiger partial charge in [-0.2, -0.15) is 0 Å². The number of hydrogen-bond donors (Lipinski definition) is 0. The summed E-state index contributed by atoms with van der Waals surface area (Å²) in [7, 11) is 0. The standard InChI is InChI=1S/C10H21NO.2C9H19NO/c1-9(2,3)11-6-7-12-10(4,5)8-11;1-8-7-11-6-5-10(8)9(2,3)4;1-8-7-10(5-6-11-8)9(2,3)4/h6-8H2,1-5H3;2*8H,5-7H2,1-4H3. The highest BCUT2D eigenvalue weighted by molar-refractivity contribution is 4.86. The monoisotopic (exact) mass is 485 g/mol. The molecule has 0 bridgehead atoms. The van der Waals surface area contributed by atoms with Gasteiger partial charge in [-0.3, -0.25) is 14.7 Å². The minimum absolute atomic E-state index is 0.0333. The zero-order chi connectivity index (χ0) is 26.4. The minimum atomic E-state index is 0.0333. The molecule has 0 amide bonds. The van der Waals surface area contributed by atoms with E-state index in [1.807, 2.05) is 0 Å². The maximum Gasteiger partial charge on any atom is 0.0753 e. The van der Waals surface area contributed by atoms with Crippen LogP contribution >= 0.6 is 0 Å². The fourth-order valence-corrected chi connectivity index (χ4v) is 4.74. The van der Waals surface area contributed by atoms with Crippen LogP contribution in [0.5, 0.6) is 0 Å². The molecule has 2 atom stereocenters. The average molecular weight is 486 g/mol. The Morgan fingerprint density at radius 3 is 1.62 bits per heavy atom. The van der Waals surface area contributed by atoms with Gasteiger partial charge in [0, 0.05) is 55.4 Å². The highest BCUT2D eigenvalue weighted by Gasteiger charge is 2.32. The van der Waals surface area contributed by atoms with E-state index in [0.717, 1.165) is 59.2 Å². The van der Waals surface area contributed by atoms with Gasteiger partial charge in [-0.1, -0.05) is 0 Å². The lowest BCUT2D eigenvalue weighted by Gasteiger charge is -2.45. The van der Waals surface area contributed by atoms with E-state index in [0.29, 0.717) is 23.2 Å². The Hall–Kier alpha value is -0.240. The third kappa shape index (κ3) is 11.7. The molecular formula is C28H59N3O3. The highest BCUT2D eigenvalue weighted by atomic mass is 16.5. The largest absolute Gasteiger partial charge is 0.379 e. The molecule has 0 N–H and O–H groups in total. The van der Waals surface area contributed by atoms with Gasteiger partial charge in [-0.05, 0) is 90.0 Å². The summed E-state index contributed by atoms with van der Waals surface area (Å²) in [4.78, 5) is 7.45. The van der Waals surface area contributed by atoms with Crippen molar-refractivity contribution in [3.8, 4) is 0 Å². The maximum absolute atomic E-state index is 5.65. The lowest BCUT2D eigenvalue weighted by molar-refractivity contribution is -0.108. The highest BCUT2D eigenvalue weighted by Crippen LogP contribution is 2.23. The van der Waals surface area contributed by atoms with E-state index >= 15 is 0 Å². The molecule has 0 aromatic heterocycles. The van der Waals surface area contributed by atoms with Crippen LogP contribution in [0.25, 0.3) is 0 Å². The number of hydrogen-bond acceptors (Lipinski definition) is 6. The van der Waals surface area contributed by atoms with Gasteiger partial charge in [0.1, 0.15) is 0 Å². The lowest BCUT2D eigenvalue weighted by Crippen LogP contribution is -2.55. The van der Waals surface area contributed by atoms with Crippen LogP contribution in [0.1, 0.15) is 90.0 Å². The van der Waals surface area contributed by atoms with Crippen molar-refractivity contribution < 1.29 is 14.2 Å². The Labute approximate surface area is 212 Å². The fraction of sp³-hybridized carbons (Fsp3) is 1.00. The summed E-state index contributed by atoms with van der Waals surface area (Å²) >= 11 is 0. The first-order valence-electron chi connectivity index (χ1n) is 13.4. The van der Waals surface area contributed by atoms with Gasteiger partial charge in [0.15, 0.2) is 0 Å². The predicted molar refractivity (Wildman–Crippen MR) is 145 cm³/mol. The normalized spacial score (nSPS) is 27.8. The van der Waals surface area contributed by atoms with E-state index in [-0.39, 0.29) is 11.1 Å². The summed E-state index contributed by atoms with van der Waals surface area (Å²) in [6.45, 7) is 37.8. The third-order valence-electron chi connectivity index (χ3n) is 6.79. The first-order valence-corrected chi connectivity index (χ1v) is 13.4. The van der Waals surface area contributed by atoms with Gasteiger partial charge in [0.25, 0.3) is 0 Å². The van der Waals surface area contributed by atoms with Crippen molar-refractivity contribution in [2.24, 2.45) is 0 Å². The third-order valence-corrected chi connectivity index (χ3v) is 6.79. The molecule has 3 aliphatic rings. The second-order valence-electron chi connectivity index (χ2n) is 13.8. The Bertz CT molecular complexity index is 572. The van der Waals surface area contributed by atoms with Gasteiger partial charge >= 0.3 is 0 Å². The quantitative estimate of drug-likeness (QED) is 0.485. The molecule has 3 fully saturated rings. The molecule has 0 spiro atoms. The molecule has 0 saturated carbocycles.